The molecule has 1 saturated carbocycles. The minimum absolute atomic E-state index is 0.0436. The van der Waals surface area contributed by atoms with Gasteiger partial charge in [0.15, 0.2) is 0 Å². The smallest absolute Gasteiger partial charge is 0.257 e. The largest absolute Gasteiger partial charge is 0.335 e. The maximum atomic E-state index is 13.8. The Bertz CT molecular complexity index is 475. The molecule has 0 spiro atoms. The first kappa shape index (κ1) is 15.4. The van der Waals surface area contributed by atoms with Crippen LogP contribution >= 0.6 is 15.9 Å². The fourth-order valence-corrected chi connectivity index (χ4v) is 3.13. The number of rotatable bonds is 4. The summed E-state index contributed by atoms with van der Waals surface area (Å²) in [6, 6.07) is 3.29. The Labute approximate surface area is 126 Å². The molecule has 0 saturated heterocycles. The predicted molar refractivity (Wildman–Crippen MR) is 78.1 cm³/mol. The molecule has 110 valence electrons. The molecule has 20 heavy (non-hydrogen) atoms. The highest BCUT2D eigenvalue weighted by atomic mass is 79.9. The molecule has 1 aromatic carbocycles. The van der Waals surface area contributed by atoms with E-state index in [9.17, 15) is 13.6 Å². The minimum atomic E-state index is -0.787. The van der Waals surface area contributed by atoms with Gasteiger partial charge in [0.1, 0.15) is 11.6 Å². The molecule has 0 bridgehead atoms. The van der Waals surface area contributed by atoms with Crippen molar-refractivity contribution in [3.8, 4) is 0 Å². The normalized spacial score (nSPS) is 16.1. The van der Waals surface area contributed by atoms with E-state index in [1.165, 1.54) is 12.5 Å². The molecule has 0 atom stereocenters. The first-order chi connectivity index (χ1) is 9.63. The van der Waals surface area contributed by atoms with Crippen molar-refractivity contribution in [1.82, 2.24) is 4.90 Å². The average molecular weight is 346 g/mol. The van der Waals surface area contributed by atoms with Gasteiger partial charge in [0.2, 0.25) is 0 Å². The Kier molecular flexibility index (Phi) is 5.52. The molecule has 1 amide bonds. The van der Waals surface area contributed by atoms with Crippen LogP contribution in [0.25, 0.3) is 0 Å². The number of alkyl halides is 1. The number of carbonyl (C=O) groups is 1. The molecule has 0 N–H and O–H groups in total. The van der Waals surface area contributed by atoms with Crippen LogP contribution in [-0.4, -0.2) is 28.7 Å². The fraction of sp³-hybridized carbons (Fsp3) is 0.533. The number of hydrogen-bond donors (Lipinski definition) is 0. The molecule has 1 aliphatic carbocycles. The molecule has 1 aliphatic rings. The van der Waals surface area contributed by atoms with E-state index < -0.39 is 11.6 Å². The van der Waals surface area contributed by atoms with Gasteiger partial charge in [-0.1, -0.05) is 35.2 Å². The Morgan fingerprint density at radius 3 is 2.55 bits per heavy atom. The van der Waals surface area contributed by atoms with E-state index in [0.717, 1.165) is 37.8 Å². The van der Waals surface area contributed by atoms with Gasteiger partial charge in [-0.25, -0.2) is 8.78 Å². The zero-order chi connectivity index (χ0) is 14.5. The van der Waals surface area contributed by atoms with Gasteiger partial charge in [-0.3, -0.25) is 4.79 Å². The SMILES string of the molecule is O=C(c1ccc(F)cc1F)N(CCBr)C1CCCCC1. The maximum Gasteiger partial charge on any atom is 0.257 e. The van der Waals surface area contributed by atoms with Crippen molar-refractivity contribution in [2.24, 2.45) is 0 Å². The van der Waals surface area contributed by atoms with Crippen LogP contribution in [0.1, 0.15) is 42.5 Å². The summed E-state index contributed by atoms with van der Waals surface area (Å²) in [7, 11) is 0. The van der Waals surface area contributed by atoms with Crippen LogP contribution < -0.4 is 0 Å². The van der Waals surface area contributed by atoms with Crippen LogP contribution in [0.4, 0.5) is 8.78 Å². The van der Waals surface area contributed by atoms with Crippen molar-refractivity contribution in [3.63, 3.8) is 0 Å². The molecule has 0 radical (unpaired) electrons. The van der Waals surface area contributed by atoms with E-state index in [1.807, 2.05) is 0 Å². The Morgan fingerprint density at radius 1 is 1.25 bits per heavy atom. The lowest BCUT2D eigenvalue weighted by molar-refractivity contribution is 0.0646. The van der Waals surface area contributed by atoms with Gasteiger partial charge in [-0.05, 0) is 25.0 Å². The molecule has 1 fully saturated rings. The molecule has 0 unspecified atom stereocenters. The van der Waals surface area contributed by atoms with E-state index in [0.29, 0.717) is 11.9 Å². The molecular weight excluding hydrogens is 328 g/mol. The third-order valence-corrected chi connectivity index (χ3v) is 4.12. The molecular formula is C15H18BrF2NO. The summed E-state index contributed by atoms with van der Waals surface area (Å²) in [4.78, 5) is 14.2. The minimum Gasteiger partial charge on any atom is -0.335 e. The van der Waals surface area contributed by atoms with Crippen molar-refractivity contribution >= 4 is 21.8 Å². The molecule has 0 aliphatic heterocycles. The summed E-state index contributed by atoms with van der Waals surface area (Å²) in [5.74, 6) is -1.79. The second-order valence-corrected chi connectivity index (χ2v) is 5.90. The monoisotopic (exact) mass is 345 g/mol. The van der Waals surface area contributed by atoms with Crippen molar-refractivity contribution in [2.45, 2.75) is 38.1 Å². The molecule has 5 heteroatoms. The van der Waals surface area contributed by atoms with Crippen LogP contribution in [0.5, 0.6) is 0 Å². The lowest BCUT2D eigenvalue weighted by atomic mass is 9.93. The summed E-state index contributed by atoms with van der Waals surface area (Å²) in [5, 5.41) is 0.651. The summed E-state index contributed by atoms with van der Waals surface area (Å²) in [6.07, 6.45) is 5.31. The molecule has 2 nitrogen and oxygen atoms in total. The van der Waals surface area contributed by atoms with Gasteiger partial charge in [-0.2, -0.15) is 0 Å². The molecule has 2 rings (SSSR count). The number of nitrogens with zero attached hydrogens (tertiary/aromatic N) is 1. The Balaban J connectivity index is 2.21. The van der Waals surface area contributed by atoms with E-state index in [-0.39, 0.29) is 17.5 Å². The van der Waals surface area contributed by atoms with Crippen molar-refractivity contribution in [1.29, 1.82) is 0 Å². The average Bonchev–Trinajstić information content (AvgIpc) is 2.45. The fourth-order valence-electron chi connectivity index (χ4n) is 2.75. The predicted octanol–water partition coefficient (Wildman–Crippen LogP) is 4.13. The van der Waals surface area contributed by atoms with E-state index in [2.05, 4.69) is 15.9 Å². The van der Waals surface area contributed by atoms with Gasteiger partial charge in [0.05, 0.1) is 5.56 Å². The van der Waals surface area contributed by atoms with E-state index in [4.69, 9.17) is 0 Å². The number of amides is 1. The van der Waals surface area contributed by atoms with Crippen LogP contribution in [0.2, 0.25) is 0 Å². The van der Waals surface area contributed by atoms with Crippen LogP contribution in [0.15, 0.2) is 18.2 Å². The van der Waals surface area contributed by atoms with Crippen molar-refractivity contribution in [2.75, 3.05) is 11.9 Å². The summed E-state index contributed by atoms with van der Waals surface area (Å²) >= 11 is 3.34. The highest BCUT2D eigenvalue weighted by molar-refractivity contribution is 9.09. The third-order valence-electron chi connectivity index (χ3n) is 3.76. The first-order valence-electron chi connectivity index (χ1n) is 6.95. The number of hydrogen-bond acceptors (Lipinski definition) is 1. The number of benzene rings is 1. The van der Waals surface area contributed by atoms with E-state index >= 15 is 0 Å². The van der Waals surface area contributed by atoms with E-state index in [1.54, 1.807) is 4.90 Å². The topological polar surface area (TPSA) is 20.3 Å². The van der Waals surface area contributed by atoms with Gasteiger partial charge in [-0.15, -0.1) is 0 Å². The lowest BCUT2D eigenvalue weighted by Crippen LogP contribution is -2.42. The van der Waals surface area contributed by atoms with Gasteiger partial charge >= 0.3 is 0 Å². The van der Waals surface area contributed by atoms with Crippen LogP contribution in [-0.2, 0) is 0 Å². The summed E-state index contributed by atoms with van der Waals surface area (Å²) < 4.78 is 26.7. The Morgan fingerprint density at radius 2 is 1.95 bits per heavy atom. The maximum absolute atomic E-state index is 13.8. The van der Waals surface area contributed by atoms with Gasteiger partial charge in [0, 0.05) is 24.0 Å². The zero-order valence-corrected chi connectivity index (χ0v) is 12.8. The van der Waals surface area contributed by atoms with Crippen LogP contribution in [0, 0.1) is 11.6 Å². The highest BCUT2D eigenvalue weighted by Gasteiger charge is 2.27. The first-order valence-corrected chi connectivity index (χ1v) is 8.07. The molecule has 0 heterocycles. The van der Waals surface area contributed by atoms with Crippen molar-refractivity contribution < 1.29 is 13.6 Å². The highest BCUT2D eigenvalue weighted by Crippen LogP contribution is 2.25. The summed E-state index contributed by atoms with van der Waals surface area (Å²) in [5.41, 5.74) is -0.0436. The number of halogens is 3. The number of carbonyl (C=O) groups excluding carboxylic acids is 1. The van der Waals surface area contributed by atoms with Crippen LogP contribution in [0.3, 0.4) is 0 Å². The standard InChI is InChI=1S/C15H18BrF2NO/c16-8-9-19(12-4-2-1-3-5-12)15(20)13-7-6-11(17)10-14(13)18/h6-7,10,12H,1-5,8-9H2. The lowest BCUT2D eigenvalue weighted by Gasteiger charge is -2.34. The van der Waals surface area contributed by atoms with Gasteiger partial charge in [0.25, 0.3) is 5.91 Å². The zero-order valence-electron chi connectivity index (χ0n) is 11.2. The quantitative estimate of drug-likeness (QED) is 0.751. The second-order valence-electron chi connectivity index (χ2n) is 5.10. The molecule has 1 aromatic rings. The third kappa shape index (κ3) is 3.57. The second kappa shape index (κ2) is 7.16. The molecule has 0 aromatic heterocycles. The Hall–Kier alpha value is -0.970. The van der Waals surface area contributed by atoms with Gasteiger partial charge < -0.3 is 4.90 Å². The summed E-state index contributed by atoms with van der Waals surface area (Å²) in [6.45, 7) is 0.542. The van der Waals surface area contributed by atoms with Crippen molar-refractivity contribution in [3.05, 3.63) is 35.4 Å².